The summed E-state index contributed by atoms with van der Waals surface area (Å²) in [5, 5.41) is 2.78. The van der Waals surface area contributed by atoms with E-state index in [0.29, 0.717) is 17.0 Å². The molecule has 0 spiro atoms. The van der Waals surface area contributed by atoms with Gasteiger partial charge in [0.05, 0.1) is 7.11 Å². The highest BCUT2D eigenvalue weighted by Crippen LogP contribution is 2.38. The van der Waals surface area contributed by atoms with Gasteiger partial charge in [-0.1, -0.05) is 30.3 Å². The summed E-state index contributed by atoms with van der Waals surface area (Å²) < 4.78 is 37.9. The molecule has 0 saturated heterocycles. The van der Waals surface area contributed by atoms with Crippen molar-refractivity contribution in [2.75, 3.05) is 12.4 Å². The summed E-state index contributed by atoms with van der Waals surface area (Å²) in [7, 11) is 1.55. The molecule has 2 aromatic rings. The van der Waals surface area contributed by atoms with Crippen molar-refractivity contribution in [3.05, 3.63) is 66.2 Å². The molecule has 0 fully saturated rings. The first kappa shape index (κ1) is 14.4. The molecule has 5 heteroatoms. The average Bonchev–Trinajstić information content (AvgIpc) is 2.84. The van der Waals surface area contributed by atoms with Crippen LogP contribution in [0.2, 0.25) is 0 Å². The Morgan fingerprint density at radius 1 is 1.05 bits per heavy atom. The van der Waals surface area contributed by atoms with Gasteiger partial charge in [-0.2, -0.15) is 8.78 Å². The molecule has 0 aromatic heterocycles. The molecule has 1 atom stereocenters. The average molecular weight is 303 g/mol. The Morgan fingerprint density at radius 3 is 2.36 bits per heavy atom. The molecule has 1 heterocycles. The Morgan fingerprint density at radius 2 is 1.73 bits per heavy atom. The first-order valence-corrected chi connectivity index (χ1v) is 6.83. The fourth-order valence-corrected chi connectivity index (χ4v) is 2.24. The minimum atomic E-state index is -3.30. The third-order valence-corrected chi connectivity index (χ3v) is 3.40. The summed E-state index contributed by atoms with van der Waals surface area (Å²) in [5.41, 5.74) is 1.20. The summed E-state index contributed by atoms with van der Waals surface area (Å²) in [6.07, 6.45) is -1.90. The van der Waals surface area contributed by atoms with Crippen LogP contribution >= 0.6 is 0 Å². The predicted octanol–water partition coefficient (Wildman–Crippen LogP) is 4.14. The van der Waals surface area contributed by atoms with Crippen LogP contribution in [0.5, 0.6) is 5.75 Å². The summed E-state index contributed by atoms with van der Waals surface area (Å²) in [4.78, 5) is 0. The van der Waals surface area contributed by atoms with Crippen LogP contribution in [0.1, 0.15) is 5.56 Å². The van der Waals surface area contributed by atoms with Crippen molar-refractivity contribution in [2.24, 2.45) is 0 Å². The molecule has 22 heavy (non-hydrogen) atoms. The van der Waals surface area contributed by atoms with Crippen LogP contribution < -0.4 is 10.1 Å². The third-order valence-electron chi connectivity index (χ3n) is 3.40. The molecule has 3 nitrogen and oxygen atoms in total. The molecule has 1 N–H and O–H groups in total. The van der Waals surface area contributed by atoms with Gasteiger partial charge < -0.3 is 14.8 Å². The second-order valence-corrected chi connectivity index (χ2v) is 4.91. The number of anilines is 1. The van der Waals surface area contributed by atoms with Crippen LogP contribution in [0.3, 0.4) is 0 Å². The Balaban J connectivity index is 1.80. The highest BCUT2D eigenvalue weighted by molar-refractivity contribution is 5.64. The molecule has 1 aliphatic rings. The number of hydrogen-bond acceptors (Lipinski definition) is 3. The Kier molecular flexibility index (Phi) is 3.71. The maximum absolute atomic E-state index is 14.0. The van der Waals surface area contributed by atoms with Crippen molar-refractivity contribution in [1.82, 2.24) is 0 Å². The van der Waals surface area contributed by atoms with E-state index in [1.807, 2.05) is 6.07 Å². The molecule has 0 bridgehead atoms. The number of ether oxygens (including phenoxy) is 2. The zero-order valence-corrected chi connectivity index (χ0v) is 11.9. The quantitative estimate of drug-likeness (QED) is 0.921. The Labute approximate surface area is 127 Å². The molecule has 3 rings (SSSR count). The van der Waals surface area contributed by atoms with E-state index >= 15 is 0 Å². The zero-order chi connectivity index (χ0) is 15.6. The smallest absolute Gasteiger partial charge is 0.422 e. The molecule has 0 amide bonds. The zero-order valence-electron chi connectivity index (χ0n) is 11.9. The van der Waals surface area contributed by atoms with E-state index in [1.165, 1.54) is 6.08 Å². The van der Waals surface area contributed by atoms with Crippen LogP contribution in [0.25, 0.3) is 5.76 Å². The monoisotopic (exact) mass is 303 g/mol. The minimum absolute atomic E-state index is 0.177. The second-order valence-electron chi connectivity index (χ2n) is 4.91. The van der Waals surface area contributed by atoms with Crippen molar-refractivity contribution < 1.29 is 18.3 Å². The normalized spacial score (nSPS) is 19.2. The summed E-state index contributed by atoms with van der Waals surface area (Å²) in [5.74, 6) is 0.845. The fourth-order valence-electron chi connectivity index (χ4n) is 2.24. The van der Waals surface area contributed by atoms with Gasteiger partial charge >= 0.3 is 6.11 Å². The van der Waals surface area contributed by atoms with E-state index in [-0.39, 0.29) is 5.76 Å². The van der Waals surface area contributed by atoms with E-state index < -0.39 is 12.2 Å². The number of hydrogen-bond donors (Lipinski definition) is 1. The lowest BCUT2D eigenvalue weighted by atomic mass is 10.1. The van der Waals surface area contributed by atoms with Crippen molar-refractivity contribution in [2.45, 2.75) is 12.2 Å². The lowest BCUT2D eigenvalue weighted by molar-refractivity contribution is -0.185. The highest BCUT2D eigenvalue weighted by Gasteiger charge is 2.47. The Hall–Kier alpha value is -2.56. The fraction of sp³-hybridized carbons (Fsp3) is 0.176. The molecular formula is C17H15F2NO2. The van der Waals surface area contributed by atoms with E-state index in [1.54, 1.807) is 55.6 Å². The maximum atomic E-state index is 14.0. The summed E-state index contributed by atoms with van der Waals surface area (Å²) >= 11 is 0. The predicted molar refractivity (Wildman–Crippen MR) is 80.9 cm³/mol. The molecule has 0 aliphatic carbocycles. The van der Waals surface area contributed by atoms with Crippen LogP contribution in [-0.2, 0) is 4.74 Å². The van der Waals surface area contributed by atoms with E-state index in [4.69, 9.17) is 9.47 Å². The first-order chi connectivity index (χ1) is 10.6. The van der Waals surface area contributed by atoms with Crippen LogP contribution in [0.4, 0.5) is 14.5 Å². The van der Waals surface area contributed by atoms with E-state index in [2.05, 4.69) is 5.32 Å². The third kappa shape index (κ3) is 2.88. The SMILES string of the molecule is COc1ccc(NC2C=C(c3ccccc3)OC2(F)F)cc1. The number of nitrogens with one attached hydrogen (secondary N) is 1. The highest BCUT2D eigenvalue weighted by atomic mass is 19.3. The molecule has 2 aromatic carbocycles. The van der Waals surface area contributed by atoms with Gasteiger partial charge in [-0.3, -0.25) is 0 Å². The summed E-state index contributed by atoms with van der Waals surface area (Å²) in [6, 6.07) is 14.4. The van der Waals surface area contributed by atoms with Gasteiger partial charge in [0.2, 0.25) is 0 Å². The minimum Gasteiger partial charge on any atom is -0.497 e. The number of methoxy groups -OCH3 is 1. The maximum Gasteiger partial charge on any atom is 0.422 e. The van der Waals surface area contributed by atoms with Gasteiger partial charge in [0.1, 0.15) is 11.5 Å². The largest absolute Gasteiger partial charge is 0.497 e. The molecular weight excluding hydrogens is 288 g/mol. The number of benzene rings is 2. The lowest BCUT2D eigenvalue weighted by Crippen LogP contribution is -2.35. The van der Waals surface area contributed by atoms with Gasteiger partial charge in [-0.15, -0.1) is 0 Å². The topological polar surface area (TPSA) is 30.5 Å². The van der Waals surface area contributed by atoms with Crippen molar-refractivity contribution in [3.8, 4) is 5.75 Å². The van der Waals surface area contributed by atoms with Gasteiger partial charge in [-0.25, -0.2) is 0 Å². The molecule has 114 valence electrons. The van der Waals surface area contributed by atoms with Crippen LogP contribution in [-0.4, -0.2) is 19.3 Å². The first-order valence-electron chi connectivity index (χ1n) is 6.83. The van der Waals surface area contributed by atoms with Crippen molar-refractivity contribution >= 4 is 11.4 Å². The standard InChI is InChI=1S/C17H15F2NO2/c1-21-14-9-7-13(8-10-14)20-16-11-15(22-17(16,18)19)12-5-3-2-4-6-12/h2-11,16,20H,1H3. The van der Waals surface area contributed by atoms with Gasteiger partial charge in [0.25, 0.3) is 0 Å². The summed E-state index contributed by atoms with van der Waals surface area (Å²) in [6.45, 7) is 0. The molecule has 0 saturated carbocycles. The number of halogens is 2. The van der Waals surface area contributed by atoms with Gasteiger partial charge in [0, 0.05) is 11.3 Å². The molecule has 1 aliphatic heterocycles. The number of alkyl halides is 2. The van der Waals surface area contributed by atoms with Crippen LogP contribution in [0.15, 0.2) is 60.7 Å². The van der Waals surface area contributed by atoms with Crippen molar-refractivity contribution in [3.63, 3.8) is 0 Å². The molecule has 1 unspecified atom stereocenters. The van der Waals surface area contributed by atoms with E-state index in [9.17, 15) is 8.78 Å². The Bertz CT molecular complexity index is 669. The van der Waals surface area contributed by atoms with Crippen LogP contribution in [0, 0.1) is 0 Å². The van der Waals surface area contributed by atoms with Crippen molar-refractivity contribution in [1.29, 1.82) is 0 Å². The lowest BCUT2D eigenvalue weighted by Gasteiger charge is -2.20. The van der Waals surface area contributed by atoms with E-state index in [0.717, 1.165) is 0 Å². The molecule has 0 radical (unpaired) electrons. The number of rotatable bonds is 4. The van der Waals surface area contributed by atoms with Gasteiger partial charge in [0.15, 0.2) is 6.04 Å². The second kappa shape index (κ2) is 5.67. The van der Waals surface area contributed by atoms with Gasteiger partial charge in [-0.05, 0) is 30.3 Å².